The summed E-state index contributed by atoms with van der Waals surface area (Å²) in [6.45, 7) is 1.43. The van der Waals surface area contributed by atoms with Gasteiger partial charge in [0.25, 0.3) is 5.91 Å². The van der Waals surface area contributed by atoms with Crippen molar-refractivity contribution in [1.82, 2.24) is 4.90 Å². The van der Waals surface area contributed by atoms with Gasteiger partial charge in [-0.2, -0.15) is 0 Å². The standard InChI is InChI=1S/C15H13BrFNO4/c1-7(13(20)22-2)18-12(19)8-3-4-9(16)11(17)10(8)15(5-6-15)14(18)21/h3-4,7H,5-6H2,1-2H3. The van der Waals surface area contributed by atoms with Crippen LogP contribution in [0.25, 0.3) is 0 Å². The zero-order valence-electron chi connectivity index (χ0n) is 12.0. The SMILES string of the molecule is COC(=O)C(C)N1C(=O)c2ccc(Br)c(F)c2C2(CC2)C1=O. The molecule has 1 fully saturated rings. The largest absolute Gasteiger partial charge is 0.467 e. The Bertz CT molecular complexity index is 714. The van der Waals surface area contributed by atoms with E-state index in [9.17, 15) is 18.8 Å². The van der Waals surface area contributed by atoms with Crippen molar-refractivity contribution in [1.29, 1.82) is 0 Å². The summed E-state index contributed by atoms with van der Waals surface area (Å²) in [4.78, 5) is 37.9. The molecule has 1 atom stereocenters. The minimum Gasteiger partial charge on any atom is -0.467 e. The Labute approximate surface area is 134 Å². The molecule has 2 aliphatic rings. The van der Waals surface area contributed by atoms with Crippen molar-refractivity contribution >= 4 is 33.7 Å². The van der Waals surface area contributed by atoms with Crippen molar-refractivity contribution in [2.45, 2.75) is 31.2 Å². The number of methoxy groups -OCH3 is 1. The molecular weight excluding hydrogens is 357 g/mol. The predicted molar refractivity (Wildman–Crippen MR) is 77.7 cm³/mol. The first-order valence-corrected chi connectivity index (χ1v) is 7.58. The summed E-state index contributed by atoms with van der Waals surface area (Å²) in [6.07, 6.45) is 0.924. The molecule has 0 radical (unpaired) electrons. The maximum Gasteiger partial charge on any atom is 0.328 e. The lowest BCUT2D eigenvalue weighted by atomic mass is 9.84. The van der Waals surface area contributed by atoms with Crippen molar-refractivity contribution in [2.75, 3.05) is 7.11 Å². The molecule has 3 rings (SSSR count). The summed E-state index contributed by atoms with van der Waals surface area (Å²) in [6, 6.07) is 1.87. The van der Waals surface area contributed by atoms with Gasteiger partial charge in [-0.25, -0.2) is 9.18 Å². The fourth-order valence-electron chi connectivity index (χ4n) is 2.97. The first-order chi connectivity index (χ1) is 10.3. The first-order valence-electron chi connectivity index (χ1n) is 6.79. The maximum atomic E-state index is 14.5. The van der Waals surface area contributed by atoms with Crippen LogP contribution in [0, 0.1) is 5.82 Å². The molecule has 0 N–H and O–H groups in total. The molecule has 1 heterocycles. The average molecular weight is 370 g/mol. The van der Waals surface area contributed by atoms with Gasteiger partial charge in [0.05, 0.1) is 17.0 Å². The highest BCUT2D eigenvalue weighted by atomic mass is 79.9. The van der Waals surface area contributed by atoms with E-state index in [1.807, 2.05) is 0 Å². The Morgan fingerprint density at radius 1 is 1.41 bits per heavy atom. The minimum absolute atomic E-state index is 0.133. The molecule has 0 bridgehead atoms. The molecular formula is C15H13BrFNO4. The van der Waals surface area contributed by atoms with Crippen LogP contribution in [0.15, 0.2) is 16.6 Å². The number of nitrogens with zero attached hydrogens (tertiary/aromatic N) is 1. The lowest BCUT2D eigenvalue weighted by Gasteiger charge is -2.35. The van der Waals surface area contributed by atoms with Crippen LogP contribution >= 0.6 is 15.9 Å². The number of rotatable bonds is 2. The van der Waals surface area contributed by atoms with Gasteiger partial charge in [-0.15, -0.1) is 0 Å². The number of amides is 2. The van der Waals surface area contributed by atoms with Gasteiger partial charge in [-0.05, 0) is 47.8 Å². The quantitative estimate of drug-likeness (QED) is 0.591. The van der Waals surface area contributed by atoms with E-state index in [1.54, 1.807) is 0 Å². The van der Waals surface area contributed by atoms with Crippen LogP contribution in [0.3, 0.4) is 0 Å². The van der Waals surface area contributed by atoms with Gasteiger partial charge in [0.15, 0.2) is 0 Å². The van der Waals surface area contributed by atoms with Crippen LogP contribution in [-0.4, -0.2) is 35.8 Å². The van der Waals surface area contributed by atoms with E-state index >= 15 is 0 Å². The van der Waals surface area contributed by atoms with Gasteiger partial charge in [0.2, 0.25) is 5.91 Å². The Balaban J connectivity index is 2.17. The Morgan fingerprint density at radius 2 is 2.05 bits per heavy atom. The lowest BCUT2D eigenvalue weighted by Crippen LogP contribution is -2.55. The van der Waals surface area contributed by atoms with E-state index in [0.717, 1.165) is 4.90 Å². The monoisotopic (exact) mass is 369 g/mol. The highest BCUT2D eigenvalue weighted by Gasteiger charge is 2.61. The average Bonchev–Trinajstić information content (AvgIpc) is 3.28. The van der Waals surface area contributed by atoms with Crippen molar-refractivity contribution in [3.8, 4) is 0 Å². The Morgan fingerprint density at radius 3 is 2.59 bits per heavy atom. The summed E-state index contributed by atoms with van der Waals surface area (Å²) in [5, 5.41) is 0. The first kappa shape index (κ1) is 15.1. The minimum atomic E-state index is -1.04. The number of fused-ring (bicyclic) bond motifs is 2. The van der Waals surface area contributed by atoms with E-state index in [1.165, 1.54) is 26.2 Å². The predicted octanol–water partition coefficient (Wildman–Crippen LogP) is 2.16. The number of halogens is 2. The molecule has 2 amide bonds. The molecule has 1 aromatic carbocycles. The number of benzene rings is 1. The molecule has 5 nitrogen and oxygen atoms in total. The van der Waals surface area contributed by atoms with Crippen LogP contribution in [-0.2, 0) is 19.7 Å². The van der Waals surface area contributed by atoms with Crippen LogP contribution in [0.5, 0.6) is 0 Å². The summed E-state index contributed by atoms with van der Waals surface area (Å²) >= 11 is 3.09. The third kappa shape index (κ3) is 1.84. The second-order valence-electron chi connectivity index (χ2n) is 5.55. The molecule has 1 unspecified atom stereocenters. The molecule has 22 heavy (non-hydrogen) atoms. The summed E-state index contributed by atoms with van der Waals surface area (Å²) < 4.78 is 19.3. The maximum absolute atomic E-state index is 14.5. The highest BCUT2D eigenvalue weighted by Crippen LogP contribution is 2.55. The molecule has 116 valence electrons. The molecule has 7 heteroatoms. The van der Waals surface area contributed by atoms with E-state index in [4.69, 9.17) is 0 Å². The van der Waals surface area contributed by atoms with Crippen LogP contribution in [0.4, 0.5) is 4.39 Å². The second-order valence-corrected chi connectivity index (χ2v) is 6.40. The summed E-state index contributed by atoms with van der Waals surface area (Å²) in [5.41, 5.74) is -0.752. The van der Waals surface area contributed by atoms with Gasteiger partial charge in [-0.1, -0.05) is 0 Å². The molecule has 0 aromatic heterocycles. The van der Waals surface area contributed by atoms with Crippen molar-refractivity contribution < 1.29 is 23.5 Å². The molecule has 1 saturated carbocycles. The third-order valence-corrected chi connectivity index (χ3v) is 4.94. The number of carbonyl (C=O) groups excluding carboxylic acids is 3. The second kappa shape index (κ2) is 4.87. The summed E-state index contributed by atoms with van der Waals surface area (Å²) in [7, 11) is 1.19. The van der Waals surface area contributed by atoms with E-state index in [0.29, 0.717) is 12.8 Å². The number of ether oxygens (including phenoxy) is 1. The topological polar surface area (TPSA) is 63.7 Å². The van der Waals surface area contributed by atoms with Gasteiger partial charge in [-0.3, -0.25) is 14.5 Å². The number of hydrogen-bond acceptors (Lipinski definition) is 4. The molecule has 1 aromatic rings. The number of esters is 1. The molecule has 0 saturated heterocycles. The van der Waals surface area contributed by atoms with Crippen molar-refractivity contribution in [2.24, 2.45) is 0 Å². The van der Waals surface area contributed by atoms with Gasteiger partial charge in [0.1, 0.15) is 11.9 Å². The zero-order valence-corrected chi connectivity index (χ0v) is 13.6. The molecule has 1 spiro atoms. The van der Waals surface area contributed by atoms with E-state index < -0.39 is 35.1 Å². The van der Waals surface area contributed by atoms with Gasteiger partial charge in [0, 0.05) is 11.1 Å². The van der Waals surface area contributed by atoms with Crippen LogP contribution < -0.4 is 0 Å². The molecule has 1 aliphatic heterocycles. The highest BCUT2D eigenvalue weighted by molar-refractivity contribution is 9.10. The van der Waals surface area contributed by atoms with E-state index in [-0.39, 0.29) is 15.6 Å². The van der Waals surface area contributed by atoms with Crippen molar-refractivity contribution in [3.05, 3.63) is 33.5 Å². The van der Waals surface area contributed by atoms with Gasteiger partial charge < -0.3 is 4.74 Å². The smallest absolute Gasteiger partial charge is 0.328 e. The third-order valence-electron chi connectivity index (χ3n) is 4.33. The number of hydrogen-bond donors (Lipinski definition) is 0. The fraction of sp³-hybridized carbons (Fsp3) is 0.400. The molecule has 1 aliphatic carbocycles. The van der Waals surface area contributed by atoms with Crippen LogP contribution in [0.1, 0.15) is 35.7 Å². The van der Waals surface area contributed by atoms with Crippen molar-refractivity contribution in [3.63, 3.8) is 0 Å². The normalized spacial score (nSPS) is 19.9. The van der Waals surface area contributed by atoms with Crippen LogP contribution in [0.2, 0.25) is 0 Å². The Hall–Kier alpha value is -1.76. The zero-order chi connectivity index (χ0) is 16.2. The Kier molecular flexibility index (Phi) is 3.36. The fourth-order valence-corrected chi connectivity index (χ4v) is 3.30. The number of imide groups is 1. The van der Waals surface area contributed by atoms with E-state index in [2.05, 4.69) is 20.7 Å². The summed E-state index contributed by atoms with van der Waals surface area (Å²) in [5.74, 6) is -2.46. The number of carbonyl (C=O) groups is 3. The lowest BCUT2D eigenvalue weighted by molar-refractivity contribution is -0.151. The van der Waals surface area contributed by atoms with Gasteiger partial charge >= 0.3 is 5.97 Å².